The molecule has 1 fully saturated rings. The monoisotopic (exact) mass is 262 g/mol. The smallest absolute Gasteiger partial charge is 0.256 e. The van der Waals surface area contributed by atoms with E-state index in [4.69, 9.17) is 5.73 Å². The van der Waals surface area contributed by atoms with Gasteiger partial charge in [-0.2, -0.15) is 0 Å². The summed E-state index contributed by atoms with van der Waals surface area (Å²) in [4.78, 5) is 13.3. The van der Waals surface area contributed by atoms with Gasteiger partial charge < -0.3 is 10.6 Å². The number of nitrogens with zero attached hydrogens (tertiary/aromatic N) is 1. The van der Waals surface area contributed by atoms with Crippen LogP contribution in [0.15, 0.2) is 18.2 Å². The second-order valence-electron chi connectivity index (χ2n) is 3.90. The van der Waals surface area contributed by atoms with Crippen molar-refractivity contribution >= 4 is 18.3 Å². The molecule has 94 valence electrons. The van der Waals surface area contributed by atoms with Gasteiger partial charge in [0.05, 0.1) is 5.56 Å². The standard InChI is InChI=1S/C11H12F2N2O.ClH/c12-9-3-1-2-8(10(9)13)11(16)15-5-4-7(14)6-15;/h1-3,7H,4-6,14H2;1H/t7-;/m0./s1. The lowest BCUT2D eigenvalue weighted by Gasteiger charge is -2.16. The number of rotatable bonds is 1. The van der Waals surface area contributed by atoms with Crippen molar-refractivity contribution in [1.29, 1.82) is 0 Å². The maximum atomic E-state index is 13.3. The zero-order chi connectivity index (χ0) is 11.7. The van der Waals surface area contributed by atoms with Crippen LogP contribution in [0, 0.1) is 11.6 Å². The van der Waals surface area contributed by atoms with Crippen LogP contribution in [0.2, 0.25) is 0 Å². The fraction of sp³-hybridized carbons (Fsp3) is 0.364. The molecule has 0 radical (unpaired) electrons. The molecule has 6 heteroatoms. The highest BCUT2D eigenvalue weighted by molar-refractivity contribution is 5.94. The Bertz CT molecular complexity index is 428. The van der Waals surface area contributed by atoms with E-state index in [9.17, 15) is 13.6 Å². The van der Waals surface area contributed by atoms with E-state index in [2.05, 4.69) is 0 Å². The van der Waals surface area contributed by atoms with Gasteiger partial charge in [-0.05, 0) is 18.6 Å². The van der Waals surface area contributed by atoms with Crippen LogP contribution in [-0.2, 0) is 0 Å². The lowest BCUT2D eigenvalue weighted by atomic mass is 10.2. The third-order valence-electron chi connectivity index (χ3n) is 2.69. The molecular weight excluding hydrogens is 250 g/mol. The highest BCUT2D eigenvalue weighted by Gasteiger charge is 2.26. The molecule has 3 nitrogen and oxygen atoms in total. The minimum Gasteiger partial charge on any atom is -0.337 e. The lowest BCUT2D eigenvalue weighted by molar-refractivity contribution is 0.0785. The van der Waals surface area contributed by atoms with Crippen molar-refractivity contribution < 1.29 is 13.6 Å². The molecule has 0 unspecified atom stereocenters. The molecule has 1 amide bonds. The van der Waals surface area contributed by atoms with Crippen LogP contribution in [0.25, 0.3) is 0 Å². The van der Waals surface area contributed by atoms with E-state index in [-0.39, 0.29) is 24.0 Å². The fourth-order valence-corrected chi connectivity index (χ4v) is 1.81. The summed E-state index contributed by atoms with van der Waals surface area (Å²) >= 11 is 0. The molecule has 0 aliphatic carbocycles. The van der Waals surface area contributed by atoms with Crippen LogP contribution >= 0.6 is 12.4 Å². The zero-order valence-electron chi connectivity index (χ0n) is 9.03. The Kier molecular flexibility index (Phi) is 4.42. The Labute approximate surface area is 104 Å². The third-order valence-corrected chi connectivity index (χ3v) is 2.69. The maximum absolute atomic E-state index is 13.3. The number of carbonyl (C=O) groups excluding carboxylic acids is 1. The van der Waals surface area contributed by atoms with E-state index in [0.717, 1.165) is 6.07 Å². The number of hydrogen-bond donors (Lipinski definition) is 1. The van der Waals surface area contributed by atoms with Gasteiger partial charge in [-0.25, -0.2) is 8.78 Å². The Balaban J connectivity index is 0.00000144. The fourth-order valence-electron chi connectivity index (χ4n) is 1.81. The summed E-state index contributed by atoms with van der Waals surface area (Å²) in [5.41, 5.74) is 5.42. The van der Waals surface area contributed by atoms with Crippen LogP contribution in [0.5, 0.6) is 0 Å². The number of hydrogen-bond acceptors (Lipinski definition) is 2. The Morgan fingerprint density at radius 2 is 2.12 bits per heavy atom. The molecular formula is C11H13ClF2N2O. The van der Waals surface area contributed by atoms with Gasteiger partial charge in [0.1, 0.15) is 0 Å². The van der Waals surface area contributed by atoms with Crippen molar-refractivity contribution in [1.82, 2.24) is 4.90 Å². The summed E-state index contributed by atoms with van der Waals surface area (Å²) in [5, 5.41) is 0. The molecule has 17 heavy (non-hydrogen) atoms. The van der Waals surface area contributed by atoms with Crippen LogP contribution in [0.3, 0.4) is 0 Å². The van der Waals surface area contributed by atoms with Crippen molar-refractivity contribution in [2.75, 3.05) is 13.1 Å². The number of amides is 1. The molecule has 0 spiro atoms. The van der Waals surface area contributed by atoms with Crippen LogP contribution in [0.4, 0.5) is 8.78 Å². The first-order valence-corrected chi connectivity index (χ1v) is 5.08. The molecule has 0 saturated carbocycles. The molecule has 1 atom stereocenters. The Morgan fingerprint density at radius 3 is 2.71 bits per heavy atom. The summed E-state index contributed by atoms with van der Waals surface area (Å²) in [7, 11) is 0. The van der Waals surface area contributed by atoms with E-state index in [1.54, 1.807) is 0 Å². The minimum absolute atomic E-state index is 0. The average Bonchev–Trinajstić information content (AvgIpc) is 2.68. The molecule has 1 saturated heterocycles. The van der Waals surface area contributed by atoms with E-state index >= 15 is 0 Å². The van der Waals surface area contributed by atoms with Gasteiger partial charge in [0, 0.05) is 19.1 Å². The van der Waals surface area contributed by atoms with Gasteiger partial charge in [0.25, 0.3) is 5.91 Å². The molecule has 2 rings (SSSR count). The Morgan fingerprint density at radius 1 is 1.41 bits per heavy atom. The highest BCUT2D eigenvalue weighted by Crippen LogP contribution is 2.16. The van der Waals surface area contributed by atoms with E-state index in [1.165, 1.54) is 17.0 Å². The molecule has 2 N–H and O–H groups in total. The van der Waals surface area contributed by atoms with Gasteiger partial charge in [-0.1, -0.05) is 6.07 Å². The zero-order valence-corrected chi connectivity index (χ0v) is 9.84. The number of benzene rings is 1. The van der Waals surface area contributed by atoms with Crippen molar-refractivity contribution in [3.63, 3.8) is 0 Å². The van der Waals surface area contributed by atoms with Gasteiger partial charge >= 0.3 is 0 Å². The van der Waals surface area contributed by atoms with Gasteiger partial charge in [-0.15, -0.1) is 12.4 Å². The first-order valence-electron chi connectivity index (χ1n) is 5.08. The summed E-state index contributed by atoms with van der Waals surface area (Å²) in [6, 6.07) is 3.52. The summed E-state index contributed by atoms with van der Waals surface area (Å²) in [5.74, 6) is -2.59. The summed E-state index contributed by atoms with van der Waals surface area (Å²) < 4.78 is 26.3. The van der Waals surface area contributed by atoms with Crippen LogP contribution in [0.1, 0.15) is 16.8 Å². The molecule has 1 aliphatic heterocycles. The molecule has 1 aromatic carbocycles. The highest BCUT2D eigenvalue weighted by atomic mass is 35.5. The molecule has 1 aliphatic rings. The van der Waals surface area contributed by atoms with Gasteiger partial charge in [0.15, 0.2) is 11.6 Å². The predicted octanol–water partition coefficient (Wildman–Crippen LogP) is 1.56. The molecule has 0 bridgehead atoms. The third kappa shape index (κ3) is 2.73. The number of likely N-dealkylation sites (tertiary alicyclic amines) is 1. The summed E-state index contributed by atoms with van der Waals surface area (Å²) in [6.45, 7) is 0.894. The quantitative estimate of drug-likeness (QED) is 0.835. The maximum Gasteiger partial charge on any atom is 0.256 e. The van der Waals surface area contributed by atoms with Crippen molar-refractivity contribution in [3.8, 4) is 0 Å². The molecule has 0 aromatic heterocycles. The van der Waals surface area contributed by atoms with E-state index in [0.29, 0.717) is 19.5 Å². The van der Waals surface area contributed by atoms with Gasteiger partial charge in [-0.3, -0.25) is 4.79 Å². The van der Waals surface area contributed by atoms with Crippen molar-refractivity contribution in [3.05, 3.63) is 35.4 Å². The first-order chi connectivity index (χ1) is 7.59. The van der Waals surface area contributed by atoms with E-state index in [1.807, 2.05) is 0 Å². The topological polar surface area (TPSA) is 46.3 Å². The van der Waals surface area contributed by atoms with Gasteiger partial charge in [0.2, 0.25) is 0 Å². The molecule has 1 aromatic rings. The van der Waals surface area contributed by atoms with Crippen molar-refractivity contribution in [2.45, 2.75) is 12.5 Å². The van der Waals surface area contributed by atoms with Crippen LogP contribution < -0.4 is 5.73 Å². The van der Waals surface area contributed by atoms with Crippen LogP contribution in [-0.4, -0.2) is 29.9 Å². The average molecular weight is 263 g/mol. The van der Waals surface area contributed by atoms with E-state index < -0.39 is 17.5 Å². The minimum atomic E-state index is -1.09. The first kappa shape index (κ1) is 13.9. The van der Waals surface area contributed by atoms with Crippen molar-refractivity contribution in [2.24, 2.45) is 5.73 Å². The second-order valence-corrected chi connectivity index (χ2v) is 3.90. The normalized spacial score (nSPS) is 19.0. The number of halogens is 3. The lowest BCUT2D eigenvalue weighted by Crippen LogP contribution is -2.32. The number of nitrogens with two attached hydrogens (primary N) is 1. The molecule has 1 heterocycles. The SMILES string of the molecule is Cl.N[C@H]1CCN(C(=O)c2cccc(F)c2F)C1. The largest absolute Gasteiger partial charge is 0.337 e. The second kappa shape index (κ2) is 5.42. The summed E-state index contributed by atoms with van der Waals surface area (Å²) in [6.07, 6.45) is 0.697. The predicted molar refractivity (Wildman–Crippen MR) is 62.1 cm³/mol. The Hall–Kier alpha value is -1.20. The number of carbonyl (C=O) groups is 1.